The van der Waals surface area contributed by atoms with Crippen LogP contribution in [0.25, 0.3) is 22.3 Å². The highest BCUT2D eigenvalue weighted by Crippen LogP contribution is 2.33. The normalized spacial score (nSPS) is 25.6. The Bertz CT molecular complexity index is 1150. The summed E-state index contributed by atoms with van der Waals surface area (Å²) in [6.45, 7) is -0.617. The van der Waals surface area contributed by atoms with Crippen LogP contribution in [0.4, 0.5) is 0 Å². The molecule has 10 nitrogen and oxygen atoms in total. The Morgan fingerprint density at radius 2 is 1.69 bits per heavy atom. The Morgan fingerprint density at radius 1 is 0.969 bits per heavy atom. The van der Waals surface area contributed by atoms with E-state index < -0.39 is 48.5 Å². The molecule has 5 atom stereocenters. The van der Waals surface area contributed by atoms with E-state index >= 15 is 0 Å². The van der Waals surface area contributed by atoms with Gasteiger partial charge in [-0.3, -0.25) is 4.79 Å². The molecule has 1 saturated heterocycles. The largest absolute Gasteiger partial charge is 0.507 e. The highest BCUT2D eigenvalue weighted by Gasteiger charge is 2.44. The second-order valence-electron chi connectivity index (χ2n) is 7.33. The Labute approximate surface area is 181 Å². The number of rotatable bonds is 5. The minimum absolute atomic E-state index is 0.0166. The first-order valence-corrected chi connectivity index (χ1v) is 9.75. The van der Waals surface area contributed by atoms with Crippen molar-refractivity contribution in [2.45, 2.75) is 30.7 Å². The standard InChI is InChI=1S/C22H22O10/c1-29-11-4-2-10(3-5-11)15-8-14(25)18-13(24)6-12(7-16(18)31-15)30-22-21(28)20(27)19(26)17(9-23)32-22/h2-8,17,19-24,26-28H,9H2,1H3/t17-,19+,20+,21-,22?/m1/s1. The van der Waals surface area contributed by atoms with E-state index in [1.165, 1.54) is 19.2 Å². The summed E-state index contributed by atoms with van der Waals surface area (Å²) in [5, 5.41) is 49.6. The quantitative estimate of drug-likeness (QED) is 0.370. The van der Waals surface area contributed by atoms with Gasteiger partial charge in [0.2, 0.25) is 6.29 Å². The van der Waals surface area contributed by atoms with E-state index in [0.717, 1.165) is 6.07 Å². The van der Waals surface area contributed by atoms with E-state index in [0.29, 0.717) is 11.3 Å². The second kappa shape index (κ2) is 8.77. The molecular weight excluding hydrogens is 424 g/mol. The third-order valence-electron chi connectivity index (χ3n) is 5.26. The summed E-state index contributed by atoms with van der Waals surface area (Å²) >= 11 is 0. The van der Waals surface area contributed by atoms with Crippen molar-refractivity contribution in [1.82, 2.24) is 0 Å². The van der Waals surface area contributed by atoms with Crippen LogP contribution in [0.3, 0.4) is 0 Å². The lowest BCUT2D eigenvalue weighted by molar-refractivity contribution is -0.277. The molecule has 0 aliphatic carbocycles. The molecule has 5 N–H and O–H groups in total. The van der Waals surface area contributed by atoms with Crippen molar-refractivity contribution in [3.05, 3.63) is 52.7 Å². The van der Waals surface area contributed by atoms with Gasteiger partial charge in [-0.05, 0) is 24.3 Å². The molecule has 1 fully saturated rings. The van der Waals surface area contributed by atoms with Gasteiger partial charge in [0.15, 0.2) is 5.43 Å². The van der Waals surface area contributed by atoms with Gasteiger partial charge in [-0.2, -0.15) is 0 Å². The first kappa shape index (κ1) is 22.1. The molecular formula is C22H22O10. The number of aliphatic hydroxyl groups is 4. The molecule has 10 heteroatoms. The van der Waals surface area contributed by atoms with Crippen LogP contribution < -0.4 is 14.9 Å². The number of hydrogen-bond donors (Lipinski definition) is 5. The highest BCUT2D eigenvalue weighted by atomic mass is 16.7. The summed E-state index contributed by atoms with van der Waals surface area (Å²) in [5.74, 6) is 0.422. The van der Waals surface area contributed by atoms with Crippen molar-refractivity contribution in [2.75, 3.05) is 13.7 Å². The van der Waals surface area contributed by atoms with Gasteiger partial charge in [0.05, 0.1) is 13.7 Å². The number of fused-ring (bicyclic) bond motifs is 1. The number of phenolic OH excluding ortho intramolecular Hbond substituents is 1. The molecule has 1 unspecified atom stereocenters. The summed E-state index contributed by atoms with van der Waals surface area (Å²) in [6, 6.07) is 10.5. The molecule has 32 heavy (non-hydrogen) atoms. The van der Waals surface area contributed by atoms with Crippen molar-refractivity contribution in [2.24, 2.45) is 0 Å². The zero-order valence-corrected chi connectivity index (χ0v) is 16.9. The van der Waals surface area contributed by atoms with Gasteiger partial charge < -0.3 is 44.2 Å². The smallest absolute Gasteiger partial charge is 0.229 e. The van der Waals surface area contributed by atoms with Crippen LogP contribution in [0, 0.1) is 0 Å². The maximum atomic E-state index is 12.6. The SMILES string of the molecule is COc1ccc(-c2cc(=O)c3c(O)cc(OC4O[C@H](CO)[C@H](O)[C@H](O)[C@H]4O)cc3o2)cc1. The van der Waals surface area contributed by atoms with Crippen molar-refractivity contribution in [1.29, 1.82) is 0 Å². The van der Waals surface area contributed by atoms with Gasteiger partial charge in [-0.25, -0.2) is 0 Å². The maximum Gasteiger partial charge on any atom is 0.229 e. The van der Waals surface area contributed by atoms with Gasteiger partial charge in [0.1, 0.15) is 58.4 Å². The molecule has 3 aromatic rings. The van der Waals surface area contributed by atoms with Crippen LogP contribution in [-0.4, -0.2) is 70.0 Å². The van der Waals surface area contributed by atoms with Crippen LogP contribution in [0.2, 0.25) is 0 Å². The highest BCUT2D eigenvalue weighted by molar-refractivity contribution is 5.86. The molecule has 1 aliphatic rings. The molecule has 0 spiro atoms. The fraction of sp³-hybridized carbons (Fsp3) is 0.318. The third-order valence-corrected chi connectivity index (χ3v) is 5.26. The number of phenols is 1. The lowest BCUT2D eigenvalue weighted by Gasteiger charge is -2.39. The molecule has 1 aromatic heterocycles. The van der Waals surface area contributed by atoms with Crippen molar-refractivity contribution in [3.8, 4) is 28.6 Å². The van der Waals surface area contributed by atoms with Gasteiger partial charge in [-0.1, -0.05) is 0 Å². The van der Waals surface area contributed by atoms with Gasteiger partial charge in [0, 0.05) is 23.8 Å². The summed E-state index contributed by atoms with van der Waals surface area (Å²) in [7, 11) is 1.53. The predicted molar refractivity (Wildman–Crippen MR) is 111 cm³/mol. The zero-order chi connectivity index (χ0) is 23.0. The Morgan fingerprint density at radius 3 is 2.34 bits per heavy atom. The average Bonchev–Trinajstić information content (AvgIpc) is 2.79. The van der Waals surface area contributed by atoms with E-state index in [1.807, 2.05) is 0 Å². The number of aromatic hydroxyl groups is 1. The van der Waals surface area contributed by atoms with Crippen LogP contribution in [-0.2, 0) is 4.74 Å². The summed E-state index contributed by atoms with van der Waals surface area (Å²) < 4.78 is 21.8. The van der Waals surface area contributed by atoms with Crippen molar-refractivity contribution < 1.29 is 44.2 Å². The van der Waals surface area contributed by atoms with Crippen molar-refractivity contribution in [3.63, 3.8) is 0 Å². The molecule has 4 rings (SSSR count). The third kappa shape index (κ3) is 4.01. The lowest BCUT2D eigenvalue weighted by Crippen LogP contribution is -2.60. The lowest BCUT2D eigenvalue weighted by atomic mass is 9.99. The summed E-state index contributed by atoms with van der Waals surface area (Å²) in [6.07, 6.45) is -7.42. The van der Waals surface area contributed by atoms with Crippen LogP contribution >= 0.6 is 0 Å². The topological polar surface area (TPSA) is 159 Å². The Kier molecular flexibility index (Phi) is 6.04. The van der Waals surface area contributed by atoms with Crippen molar-refractivity contribution >= 4 is 11.0 Å². The second-order valence-corrected chi connectivity index (χ2v) is 7.33. The van der Waals surface area contributed by atoms with Gasteiger partial charge >= 0.3 is 0 Å². The Balaban J connectivity index is 1.69. The van der Waals surface area contributed by atoms with Crippen LogP contribution in [0.15, 0.2) is 51.7 Å². The van der Waals surface area contributed by atoms with E-state index in [-0.39, 0.29) is 22.5 Å². The number of ether oxygens (including phenoxy) is 3. The Hall–Kier alpha value is -3.15. The van der Waals surface area contributed by atoms with Gasteiger partial charge in [-0.15, -0.1) is 0 Å². The summed E-state index contributed by atoms with van der Waals surface area (Å²) in [5.41, 5.74) is 0.140. The number of methoxy groups -OCH3 is 1. The monoisotopic (exact) mass is 446 g/mol. The van der Waals surface area contributed by atoms with E-state index in [1.54, 1.807) is 24.3 Å². The van der Waals surface area contributed by atoms with Crippen LogP contribution in [0.5, 0.6) is 17.2 Å². The molecule has 0 saturated carbocycles. The first-order valence-electron chi connectivity index (χ1n) is 9.75. The summed E-state index contributed by atoms with van der Waals surface area (Å²) in [4.78, 5) is 12.6. The van der Waals surface area contributed by atoms with E-state index in [4.69, 9.17) is 18.6 Å². The van der Waals surface area contributed by atoms with Gasteiger partial charge in [0.25, 0.3) is 0 Å². The molecule has 2 heterocycles. The van der Waals surface area contributed by atoms with E-state index in [9.17, 15) is 30.3 Å². The predicted octanol–water partition coefficient (Wildman–Crippen LogP) is 0.353. The molecule has 0 bridgehead atoms. The fourth-order valence-corrected chi connectivity index (χ4v) is 3.51. The minimum Gasteiger partial charge on any atom is -0.507 e. The number of aliphatic hydroxyl groups excluding tert-OH is 4. The molecule has 0 radical (unpaired) electrons. The fourth-order valence-electron chi connectivity index (χ4n) is 3.51. The first-order chi connectivity index (χ1) is 15.3. The molecule has 170 valence electrons. The number of hydrogen-bond acceptors (Lipinski definition) is 10. The molecule has 2 aromatic carbocycles. The van der Waals surface area contributed by atoms with Crippen LogP contribution in [0.1, 0.15) is 0 Å². The molecule has 1 aliphatic heterocycles. The number of benzene rings is 2. The molecule has 0 amide bonds. The maximum absolute atomic E-state index is 12.6. The zero-order valence-electron chi connectivity index (χ0n) is 16.9. The van der Waals surface area contributed by atoms with E-state index in [2.05, 4.69) is 0 Å². The average molecular weight is 446 g/mol. The minimum atomic E-state index is -1.64.